The van der Waals surface area contributed by atoms with Gasteiger partial charge < -0.3 is 9.84 Å². The summed E-state index contributed by atoms with van der Waals surface area (Å²) in [7, 11) is 0. The average Bonchev–Trinajstić information content (AvgIpc) is 2.65. The molecule has 1 fully saturated rings. The Balaban J connectivity index is 2.01. The van der Waals surface area contributed by atoms with Crippen LogP contribution in [0.25, 0.3) is 0 Å². The maximum Gasteiger partial charge on any atom is 0.396 e. The van der Waals surface area contributed by atoms with Gasteiger partial charge in [-0.15, -0.1) is 0 Å². The van der Waals surface area contributed by atoms with Crippen LogP contribution >= 0.6 is 0 Å². The van der Waals surface area contributed by atoms with Crippen molar-refractivity contribution >= 4 is 0 Å². The molecule has 1 aliphatic heterocycles. The minimum atomic E-state index is -4.29. The summed E-state index contributed by atoms with van der Waals surface area (Å²) in [6.45, 7) is 1.62. The zero-order chi connectivity index (χ0) is 11.6. The molecule has 16 heavy (non-hydrogen) atoms. The normalized spacial score (nSPS) is 22.3. The number of nitrogens with zero attached hydrogens (tertiary/aromatic N) is 2. The molecule has 1 aromatic rings. The Morgan fingerprint density at radius 3 is 2.88 bits per heavy atom. The molecule has 1 unspecified atom stereocenters. The van der Waals surface area contributed by atoms with E-state index < -0.39 is 12.6 Å². The average molecular weight is 235 g/mol. The lowest BCUT2D eigenvalue weighted by molar-refractivity contribution is -0.128. The molecule has 2 rings (SSSR count). The molecule has 0 radical (unpaired) electrons. The Hall–Kier alpha value is -1.11. The number of hydrogen-bond acceptors (Lipinski definition) is 4. The number of piperidine rings is 1. The Labute approximate surface area is 90.2 Å². The van der Waals surface area contributed by atoms with Crippen molar-refractivity contribution in [2.45, 2.75) is 31.4 Å². The molecule has 90 valence electrons. The van der Waals surface area contributed by atoms with Crippen molar-refractivity contribution in [2.24, 2.45) is 0 Å². The first-order valence-electron chi connectivity index (χ1n) is 5.14. The quantitative estimate of drug-likeness (QED) is 0.846. The largest absolute Gasteiger partial charge is 0.396 e. The van der Waals surface area contributed by atoms with E-state index in [9.17, 15) is 13.2 Å². The number of rotatable bonds is 2. The first-order chi connectivity index (χ1) is 7.54. The van der Waals surface area contributed by atoms with Gasteiger partial charge >= 0.3 is 6.18 Å². The molecule has 1 aliphatic rings. The van der Waals surface area contributed by atoms with E-state index in [4.69, 9.17) is 4.52 Å². The van der Waals surface area contributed by atoms with Gasteiger partial charge in [-0.25, -0.2) is 0 Å². The van der Waals surface area contributed by atoms with Gasteiger partial charge in [0.1, 0.15) is 6.42 Å². The molecule has 1 N–H and O–H groups in total. The Morgan fingerprint density at radius 1 is 1.44 bits per heavy atom. The molecule has 0 amide bonds. The molecular weight excluding hydrogens is 223 g/mol. The molecular formula is C9H12F3N3O. The lowest BCUT2D eigenvalue weighted by Gasteiger charge is -2.18. The molecule has 0 aliphatic carbocycles. The minimum Gasteiger partial charge on any atom is -0.339 e. The van der Waals surface area contributed by atoms with E-state index >= 15 is 0 Å². The third-order valence-corrected chi connectivity index (χ3v) is 2.49. The number of hydrogen-bond donors (Lipinski definition) is 1. The molecule has 0 spiro atoms. The van der Waals surface area contributed by atoms with E-state index in [1.54, 1.807) is 0 Å². The van der Waals surface area contributed by atoms with Gasteiger partial charge in [-0.05, 0) is 19.4 Å². The fourth-order valence-corrected chi connectivity index (χ4v) is 1.75. The second kappa shape index (κ2) is 4.40. The number of nitrogens with one attached hydrogen (secondary N) is 1. The van der Waals surface area contributed by atoms with Gasteiger partial charge in [0, 0.05) is 6.54 Å². The van der Waals surface area contributed by atoms with Crippen LogP contribution < -0.4 is 5.32 Å². The second-order valence-electron chi connectivity index (χ2n) is 3.88. The van der Waals surface area contributed by atoms with Crippen LogP contribution in [0.5, 0.6) is 0 Å². The van der Waals surface area contributed by atoms with Crippen molar-refractivity contribution in [3.8, 4) is 0 Å². The first-order valence-corrected chi connectivity index (χ1v) is 5.14. The lowest BCUT2D eigenvalue weighted by atomic mass is 10.00. The van der Waals surface area contributed by atoms with Gasteiger partial charge in [0.05, 0.1) is 5.92 Å². The summed E-state index contributed by atoms with van der Waals surface area (Å²) in [5.74, 6) is 0.0720. The zero-order valence-electron chi connectivity index (χ0n) is 8.55. The van der Waals surface area contributed by atoms with Crippen molar-refractivity contribution in [3.05, 3.63) is 11.7 Å². The summed E-state index contributed by atoms with van der Waals surface area (Å²) in [6, 6.07) is 0. The van der Waals surface area contributed by atoms with Gasteiger partial charge in [-0.1, -0.05) is 5.16 Å². The number of halogens is 3. The van der Waals surface area contributed by atoms with E-state index in [2.05, 4.69) is 15.5 Å². The highest BCUT2D eigenvalue weighted by molar-refractivity contribution is 4.97. The molecule has 0 bridgehead atoms. The fourth-order valence-electron chi connectivity index (χ4n) is 1.75. The standard InChI is InChI=1S/C9H12F3N3O/c10-9(11,12)4-7-14-8(16-15-7)6-2-1-3-13-5-6/h6,13H,1-5H2. The highest BCUT2D eigenvalue weighted by Gasteiger charge is 2.31. The highest BCUT2D eigenvalue weighted by atomic mass is 19.4. The van der Waals surface area contributed by atoms with Crippen molar-refractivity contribution in [3.63, 3.8) is 0 Å². The third kappa shape index (κ3) is 2.94. The van der Waals surface area contributed by atoms with Crippen LogP contribution in [0.4, 0.5) is 13.2 Å². The maximum atomic E-state index is 12.1. The highest BCUT2D eigenvalue weighted by Crippen LogP contribution is 2.24. The van der Waals surface area contributed by atoms with Crippen molar-refractivity contribution in [2.75, 3.05) is 13.1 Å². The molecule has 4 nitrogen and oxygen atoms in total. The minimum absolute atomic E-state index is 0.0447. The van der Waals surface area contributed by atoms with Gasteiger partial charge in [0.25, 0.3) is 0 Å². The monoisotopic (exact) mass is 235 g/mol. The molecule has 0 saturated carbocycles. The second-order valence-corrected chi connectivity index (χ2v) is 3.88. The van der Waals surface area contributed by atoms with Crippen LogP contribution in [-0.2, 0) is 6.42 Å². The summed E-state index contributed by atoms with van der Waals surface area (Å²) in [4.78, 5) is 3.78. The Kier molecular flexibility index (Phi) is 3.13. The van der Waals surface area contributed by atoms with Crippen LogP contribution in [0.2, 0.25) is 0 Å². The smallest absolute Gasteiger partial charge is 0.339 e. The van der Waals surface area contributed by atoms with Crippen molar-refractivity contribution < 1.29 is 17.7 Å². The summed E-state index contributed by atoms with van der Waals surface area (Å²) in [5.41, 5.74) is 0. The predicted octanol–water partition coefficient (Wildman–Crippen LogP) is 1.64. The van der Waals surface area contributed by atoms with E-state index in [0.717, 1.165) is 19.4 Å². The first kappa shape index (κ1) is 11.4. The van der Waals surface area contributed by atoms with Crippen molar-refractivity contribution in [1.82, 2.24) is 15.5 Å². The van der Waals surface area contributed by atoms with Gasteiger partial charge in [0.2, 0.25) is 5.89 Å². The third-order valence-electron chi connectivity index (χ3n) is 2.49. The van der Waals surface area contributed by atoms with Crippen molar-refractivity contribution in [1.29, 1.82) is 0 Å². The number of aromatic nitrogens is 2. The van der Waals surface area contributed by atoms with Crippen LogP contribution in [0.15, 0.2) is 4.52 Å². The van der Waals surface area contributed by atoms with Crippen LogP contribution in [0.1, 0.15) is 30.5 Å². The molecule has 0 aromatic carbocycles. The maximum absolute atomic E-state index is 12.1. The predicted molar refractivity (Wildman–Crippen MR) is 48.9 cm³/mol. The lowest BCUT2D eigenvalue weighted by Crippen LogP contribution is -2.28. The van der Waals surface area contributed by atoms with Gasteiger partial charge in [0.15, 0.2) is 5.82 Å². The molecule has 7 heteroatoms. The molecule has 2 heterocycles. The molecule has 1 atom stereocenters. The molecule has 1 aromatic heterocycles. The summed E-state index contributed by atoms with van der Waals surface area (Å²) in [6.07, 6.45) is -3.56. The Bertz CT molecular complexity index is 344. The van der Waals surface area contributed by atoms with Crippen LogP contribution in [-0.4, -0.2) is 29.4 Å². The zero-order valence-corrected chi connectivity index (χ0v) is 8.55. The number of alkyl halides is 3. The van der Waals surface area contributed by atoms with E-state index in [0.29, 0.717) is 12.4 Å². The topological polar surface area (TPSA) is 51.0 Å². The van der Waals surface area contributed by atoms with Gasteiger partial charge in [-0.2, -0.15) is 18.2 Å². The summed E-state index contributed by atoms with van der Waals surface area (Å²) < 4.78 is 41.0. The SMILES string of the molecule is FC(F)(F)Cc1noc(C2CCCNC2)n1. The molecule has 1 saturated heterocycles. The summed E-state index contributed by atoms with van der Waals surface area (Å²) >= 11 is 0. The van der Waals surface area contributed by atoms with E-state index in [1.807, 2.05) is 0 Å². The van der Waals surface area contributed by atoms with Crippen LogP contribution in [0, 0.1) is 0 Å². The van der Waals surface area contributed by atoms with E-state index in [1.165, 1.54) is 0 Å². The summed E-state index contributed by atoms with van der Waals surface area (Å²) in [5, 5.41) is 6.48. The Morgan fingerprint density at radius 2 is 2.25 bits per heavy atom. The van der Waals surface area contributed by atoms with Gasteiger partial charge in [-0.3, -0.25) is 0 Å². The fraction of sp³-hybridized carbons (Fsp3) is 0.778. The van der Waals surface area contributed by atoms with Crippen LogP contribution in [0.3, 0.4) is 0 Å². The van der Waals surface area contributed by atoms with E-state index in [-0.39, 0.29) is 11.7 Å².